The molecule has 0 aliphatic heterocycles. The molecule has 2 aromatic rings. The monoisotopic (exact) mass is 305 g/mol. The SMILES string of the molecule is CCOC(=O)c1ccccc1Oc1c([N+](=O)[O-])c(C)nn1C. The highest BCUT2D eigenvalue weighted by atomic mass is 16.6. The van der Waals surface area contributed by atoms with E-state index in [0.717, 1.165) is 0 Å². The maximum absolute atomic E-state index is 11.9. The van der Waals surface area contributed by atoms with E-state index in [2.05, 4.69) is 5.10 Å². The predicted octanol–water partition coefficient (Wildman–Crippen LogP) is 2.61. The molecule has 2 rings (SSSR count). The topological polar surface area (TPSA) is 96.5 Å². The molecule has 0 aliphatic carbocycles. The first-order valence-corrected chi connectivity index (χ1v) is 6.57. The third kappa shape index (κ3) is 2.90. The van der Waals surface area contributed by atoms with Crippen LogP contribution in [0.2, 0.25) is 0 Å². The lowest BCUT2D eigenvalue weighted by atomic mass is 10.2. The van der Waals surface area contributed by atoms with E-state index in [0.29, 0.717) is 0 Å². The summed E-state index contributed by atoms with van der Waals surface area (Å²) < 4.78 is 11.8. The van der Waals surface area contributed by atoms with Gasteiger partial charge in [-0.2, -0.15) is 5.10 Å². The number of aromatic nitrogens is 2. The normalized spacial score (nSPS) is 10.3. The minimum absolute atomic E-state index is 0.0424. The molecule has 0 N–H and O–H groups in total. The first kappa shape index (κ1) is 15.5. The average Bonchev–Trinajstić information content (AvgIpc) is 2.74. The minimum Gasteiger partial charge on any atom is -0.462 e. The summed E-state index contributed by atoms with van der Waals surface area (Å²) in [5.41, 5.74) is 0.190. The Morgan fingerprint density at radius 3 is 2.73 bits per heavy atom. The zero-order chi connectivity index (χ0) is 16.3. The number of aryl methyl sites for hydroxylation is 2. The molecular weight excluding hydrogens is 290 g/mol. The molecule has 0 spiro atoms. The van der Waals surface area contributed by atoms with Crippen molar-refractivity contribution in [3.8, 4) is 11.6 Å². The van der Waals surface area contributed by atoms with E-state index < -0.39 is 10.9 Å². The Kier molecular flexibility index (Phi) is 4.40. The van der Waals surface area contributed by atoms with Crippen LogP contribution in [0.3, 0.4) is 0 Å². The summed E-state index contributed by atoms with van der Waals surface area (Å²) in [5, 5.41) is 15.1. The summed E-state index contributed by atoms with van der Waals surface area (Å²) in [5.74, 6) is -0.425. The molecule has 116 valence electrons. The van der Waals surface area contributed by atoms with Gasteiger partial charge < -0.3 is 9.47 Å². The highest BCUT2D eigenvalue weighted by Gasteiger charge is 2.27. The van der Waals surface area contributed by atoms with E-state index in [1.54, 1.807) is 19.1 Å². The Bertz CT molecular complexity index is 723. The van der Waals surface area contributed by atoms with Crippen LogP contribution in [0.1, 0.15) is 23.0 Å². The molecule has 8 heteroatoms. The zero-order valence-electron chi connectivity index (χ0n) is 12.4. The van der Waals surface area contributed by atoms with Crippen LogP contribution in [0, 0.1) is 17.0 Å². The molecule has 0 amide bonds. The van der Waals surface area contributed by atoms with Crippen LogP contribution >= 0.6 is 0 Å². The van der Waals surface area contributed by atoms with Crippen molar-refractivity contribution in [2.75, 3.05) is 6.61 Å². The summed E-state index contributed by atoms with van der Waals surface area (Å²) in [6.45, 7) is 3.43. The number of hydrogen-bond donors (Lipinski definition) is 0. The Labute approximate surface area is 126 Å². The molecule has 0 radical (unpaired) electrons. The second-order valence-electron chi connectivity index (χ2n) is 4.44. The third-order valence-corrected chi connectivity index (χ3v) is 2.91. The highest BCUT2D eigenvalue weighted by Crippen LogP contribution is 2.34. The lowest BCUT2D eigenvalue weighted by Crippen LogP contribution is -2.07. The van der Waals surface area contributed by atoms with Gasteiger partial charge in [0.1, 0.15) is 17.0 Å². The van der Waals surface area contributed by atoms with E-state index in [1.807, 2.05) is 0 Å². The second kappa shape index (κ2) is 6.25. The summed E-state index contributed by atoms with van der Waals surface area (Å²) >= 11 is 0. The van der Waals surface area contributed by atoms with Crippen LogP contribution in [0.15, 0.2) is 24.3 Å². The first-order chi connectivity index (χ1) is 10.5. The first-order valence-electron chi connectivity index (χ1n) is 6.57. The van der Waals surface area contributed by atoms with Crippen molar-refractivity contribution >= 4 is 11.7 Å². The fraction of sp³-hybridized carbons (Fsp3) is 0.286. The molecule has 8 nitrogen and oxygen atoms in total. The molecule has 0 aliphatic rings. The number of rotatable bonds is 5. The molecule has 0 unspecified atom stereocenters. The van der Waals surface area contributed by atoms with Gasteiger partial charge in [0.2, 0.25) is 0 Å². The van der Waals surface area contributed by atoms with Crippen LogP contribution in [-0.2, 0) is 11.8 Å². The van der Waals surface area contributed by atoms with Crippen molar-refractivity contribution in [3.05, 3.63) is 45.6 Å². The molecule has 0 fully saturated rings. The molecular formula is C14H15N3O5. The summed E-state index contributed by atoms with van der Waals surface area (Å²) in [4.78, 5) is 22.5. The molecule has 1 aromatic carbocycles. The van der Waals surface area contributed by atoms with Gasteiger partial charge in [0.05, 0.1) is 11.5 Å². The number of nitro groups is 1. The van der Waals surface area contributed by atoms with Gasteiger partial charge in [-0.3, -0.25) is 10.1 Å². The van der Waals surface area contributed by atoms with Gasteiger partial charge in [0.15, 0.2) is 0 Å². The van der Waals surface area contributed by atoms with Crippen LogP contribution in [-0.4, -0.2) is 27.3 Å². The summed E-state index contributed by atoms with van der Waals surface area (Å²) in [6.07, 6.45) is 0. The van der Waals surface area contributed by atoms with Gasteiger partial charge in [-0.25, -0.2) is 9.48 Å². The van der Waals surface area contributed by atoms with E-state index in [1.165, 1.54) is 30.8 Å². The molecule has 0 bridgehead atoms. The largest absolute Gasteiger partial charge is 0.462 e. The standard InChI is InChI=1S/C14H15N3O5/c1-4-21-14(18)10-7-5-6-8-11(10)22-13-12(17(19)20)9(2)15-16(13)3/h5-8H,4H2,1-3H3. The predicted molar refractivity (Wildman–Crippen MR) is 77.1 cm³/mol. The van der Waals surface area contributed by atoms with Crippen LogP contribution < -0.4 is 4.74 Å². The van der Waals surface area contributed by atoms with Gasteiger partial charge in [-0.1, -0.05) is 12.1 Å². The number of carbonyl (C=O) groups excluding carboxylic acids is 1. The summed E-state index contributed by atoms with van der Waals surface area (Å²) in [6, 6.07) is 6.38. The molecule has 0 saturated heterocycles. The van der Waals surface area contributed by atoms with Crippen molar-refractivity contribution in [2.24, 2.45) is 7.05 Å². The van der Waals surface area contributed by atoms with Gasteiger partial charge in [-0.05, 0) is 26.0 Å². The molecule has 1 aromatic heterocycles. The minimum atomic E-state index is -0.565. The van der Waals surface area contributed by atoms with E-state index >= 15 is 0 Å². The van der Waals surface area contributed by atoms with E-state index in [9.17, 15) is 14.9 Å². The van der Waals surface area contributed by atoms with Crippen molar-refractivity contribution in [1.82, 2.24) is 9.78 Å². The Morgan fingerprint density at radius 1 is 1.41 bits per heavy atom. The lowest BCUT2D eigenvalue weighted by molar-refractivity contribution is -0.386. The van der Waals surface area contributed by atoms with Crippen molar-refractivity contribution in [2.45, 2.75) is 13.8 Å². The van der Waals surface area contributed by atoms with Crippen LogP contribution in [0.25, 0.3) is 0 Å². The molecule has 0 saturated carbocycles. The van der Waals surface area contributed by atoms with Gasteiger partial charge in [0.25, 0.3) is 5.88 Å². The van der Waals surface area contributed by atoms with Gasteiger partial charge >= 0.3 is 11.7 Å². The average molecular weight is 305 g/mol. The Hall–Kier alpha value is -2.90. The number of ether oxygens (including phenoxy) is 2. The fourth-order valence-electron chi connectivity index (χ4n) is 1.99. The number of hydrogen-bond acceptors (Lipinski definition) is 6. The molecule has 1 heterocycles. The fourth-order valence-corrected chi connectivity index (χ4v) is 1.99. The number of nitrogens with zero attached hydrogens (tertiary/aromatic N) is 3. The number of benzene rings is 1. The molecule has 22 heavy (non-hydrogen) atoms. The van der Waals surface area contributed by atoms with Gasteiger partial charge in [-0.15, -0.1) is 0 Å². The van der Waals surface area contributed by atoms with Crippen molar-refractivity contribution < 1.29 is 19.2 Å². The van der Waals surface area contributed by atoms with Crippen LogP contribution in [0.5, 0.6) is 11.6 Å². The lowest BCUT2D eigenvalue weighted by Gasteiger charge is -2.09. The second-order valence-corrected chi connectivity index (χ2v) is 4.44. The maximum Gasteiger partial charge on any atom is 0.353 e. The van der Waals surface area contributed by atoms with Crippen LogP contribution in [0.4, 0.5) is 5.69 Å². The number of carbonyl (C=O) groups is 1. The smallest absolute Gasteiger partial charge is 0.353 e. The number of esters is 1. The Balaban J connectivity index is 2.45. The van der Waals surface area contributed by atoms with E-state index in [-0.39, 0.29) is 35.2 Å². The molecule has 0 atom stereocenters. The van der Waals surface area contributed by atoms with Gasteiger partial charge in [0, 0.05) is 7.05 Å². The quantitative estimate of drug-likeness (QED) is 0.478. The van der Waals surface area contributed by atoms with Crippen molar-refractivity contribution in [3.63, 3.8) is 0 Å². The summed E-state index contributed by atoms with van der Waals surface area (Å²) in [7, 11) is 1.53. The van der Waals surface area contributed by atoms with Crippen molar-refractivity contribution in [1.29, 1.82) is 0 Å². The number of para-hydroxylation sites is 1. The zero-order valence-corrected chi connectivity index (χ0v) is 12.4. The highest BCUT2D eigenvalue weighted by molar-refractivity contribution is 5.92. The van der Waals surface area contributed by atoms with E-state index in [4.69, 9.17) is 9.47 Å². The Morgan fingerprint density at radius 2 is 2.09 bits per heavy atom. The maximum atomic E-state index is 11.9. The third-order valence-electron chi connectivity index (χ3n) is 2.91.